The van der Waals surface area contributed by atoms with Crippen molar-refractivity contribution in [2.45, 2.75) is 37.9 Å². The zero-order chi connectivity index (χ0) is 16.2. The number of hydrogen-bond donors (Lipinski definition) is 3. The molecule has 8 heteroatoms. The minimum absolute atomic E-state index is 0.0401. The minimum Gasteiger partial charge on any atom is -0.337 e. The van der Waals surface area contributed by atoms with E-state index < -0.39 is 17.0 Å². The van der Waals surface area contributed by atoms with Gasteiger partial charge in [0.25, 0.3) is 0 Å². The molecule has 22 heavy (non-hydrogen) atoms. The van der Waals surface area contributed by atoms with Gasteiger partial charge in [0, 0.05) is 43.7 Å². The predicted octanol–water partition coefficient (Wildman–Crippen LogP) is 1.05. The van der Waals surface area contributed by atoms with Crippen molar-refractivity contribution in [3.63, 3.8) is 0 Å². The second-order valence-electron chi connectivity index (χ2n) is 7.44. The Morgan fingerprint density at radius 1 is 1.32 bits per heavy atom. The number of likely N-dealkylation sites (tertiary alicyclic amines) is 1. The highest BCUT2D eigenvalue weighted by Gasteiger charge is 2.81. The lowest BCUT2D eigenvalue weighted by Gasteiger charge is -2.37. The first kappa shape index (κ1) is 15.9. The lowest BCUT2D eigenvalue weighted by Crippen LogP contribution is -2.53. The van der Waals surface area contributed by atoms with Crippen molar-refractivity contribution in [3.8, 4) is 0 Å². The topological polar surface area (TPSA) is 70.4 Å². The molecule has 1 saturated carbocycles. The highest BCUT2D eigenvalue weighted by atomic mass is 19.4. The van der Waals surface area contributed by atoms with E-state index in [0.717, 1.165) is 0 Å². The third kappa shape index (κ3) is 2.36. The van der Waals surface area contributed by atoms with Crippen LogP contribution < -0.4 is 16.4 Å². The number of carbonyl (C=O) groups is 1. The molecule has 3 aliphatic rings. The van der Waals surface area contributed by atoms with Crippen LogP contribution in [0.1, 0.15) is 26.2 Å². The fourth-order valence-electron chi connectivity index (χ4n) is 3.90. The molecular formula is C14H23F3N4O. The van der Waals surface area contributed by atoms with Crippen LogP contribution in [0, 0.1) is 10.8 Å². The molecule has 0 bridgehead atoms. The SMILES string of the molecule is CC1(N)CCN(C(=O)NC[C@@]23CNC[C@]2(C(F)(F)F)C3)CC1. The van der Waals surface area contributed by atoms with E-state index >= 15 is 0 Å². The van der Waals surface area contributed by atoms with Gasteiger partial charge in [-0.1, -0.05) is 0 Å². The summed E-state index contributed by atoms with van der Waals surface area (Å²) in [4.78, 5) is 13.8. The van der Waals surface area contributed by atoms with E-state index in [0.29, 0.717) is 32.5 Å². The fraction of sp³-hybridized carbons (Fsp3) is 0.929. The quantitative estimate of drug-likeness (QED) is 0.712. The molecule has 2 saturated heterocycles. The third-order valence-corrected chi connectivity index (χ3v) is 5.73. The van der Waals surface area contributed by atoms with E-state index in [9.17, 15) is 18.0 Å². The largest absolute Gasteiger partial charge is 0.396 e. The molecule has 0 aromatic rings. The Bertz CT molecular complexity index is 471. The molecule has 126 valence electrons. The van der Waals surface area contributed by atoms with Gasteiger partial charge in [0.1, 0.15) is 0 Å². The van der Waals surface area contributed by atoms with Gasteiger partial charge >= 0.3 is 12.2 Å². The van der Waals surface area contributed by atoms with Gasteiger partial charge in [-0.2, -0.15) is 13.2 Å². The van der Waals surface area contributed by atoms with Crippen LogP contribution in [-0.4, -0.2) is 55.4 Å². The van der Waals surface area contributed by atoms with Crippen molar-refractivity contribution in [3.05, 3.63) is 0 Å². The van der Waals surface area contributed by atoms with Gasteiger partial charge in [-0.05, 0) is 26.2 Å². The molecule has 0 spiro atoms. The summed E-state index contributed by atoms with van der Waals surface area (Å²) in [6.07, 6.45) is -2.69. The summed E-state index contributed by atoms with van der Waals surface area (Å²) in [7, 11) is 0. The summed E-state index contributed by atoms with van der Waals surface area (Å²) in [6.45, 7) is 3.40. The normalized spacial score (nSPS) is 36.9. The molecule has 4 N–H and O–H groups in total. The van der Waals surface area contributed by atoms with Gasteiger partial charge in [-0.3, -0.25) is 0 Å². The average molecular weight is 320 g/mol. The number of nitrogens with two attached hydrogens (primary N) is 1. The summed E-state index contributed by atoms with van der Waals surface area (Å²) in [5.74, 6) is 0. The van der Waals surface area contributed by atoms with Crippen molar-refractivity contribution in [1.29, 1.82) is 0 Å². The molecule has 0 unspecified atom stereocenters. The summed E-state index contributed by atoms with van der Waals surface area (Å²) < 4.78 is 39.7. The lowest BCUT2D eigenvalue weighted by molar-refractivity contribution is -0.190. The Morgan fingerprint density at radius 3 is 2.50 bits per heavy atom. The second kappa shape index (κ2) is 4.74. The van der Waals surface area contributed by atoms with Crippen molar-refractivity contribution in [2.75, 3.05) is 32.7 Å². The molecule has 0 aromatic carbocycles. The number of halogens is 3. The number of urea groups is 1. The number of alkyl halides is 3. The van der Waals surface area contributed by atoms with E-state index in [2.05, 4.69) is 10.6 Å². The van der Waals surface area contributed by atoms with E-state index in [1.54, 1.807) is 4.90 Å². The molecule has 2 atom stereocenters. The fourth-order valence-corrected chi connectivity index (χ4v) is 3.90. The Kier molecular flexibility index (Phi) is 3.41. The standard InChI is InChI=1S/C14H23F3N4O/c1-11(18)2-4-21(5-3-11)10(22)20-8-12-6-13(12,9-19-7-12)14(15,16)17/h19H,2-9,18H2,1H3,(H,20,22)/t12-,13-/m1/s1. The van der Waals surface area contributed by atoms with Crippen LogP contribution in [0.15, 0.2) is 0 Å². The Labute approximate surface area is 127 Å². The predicted molar refractivity (Wildman–Crippen MR) is 75.2 cm³/mol. The van der Waals surface area contributed by atoms with Crippen molar-refractivity contribution in [1.82, 2.24) is 15.5 Å². The maximum absolute atomic E-state index is 13.2. The van der Waals surface area contributed by atoms with Crippen LogP contribution in [0.25, 0.3) is 0 Å². The minimum atomic E-state index is -4.21. The molecule has 1 aliphatic carbocycles. The van der Waals surface area contributed by atoms with Crippen molar-refractivity contribution >= 4 is 6.03 Å². The molecule has 5 nitrogen and oxygen atoms in total. The zero-order valence-electron chi connectivity index (χ0n) is 12.7. The van der Waals surface area contributed by atoms with Crippen LogP contribution in [0.2, 0.25) is 0 Å². The van der Waals surface area contributed by atoms with Gasteiger partial charge < -0.3 is 21.3 Å². The first-order valence-electron chi connectivity index (χ1n) is 7.70. The smallest absolute Gasteiger partial charge is 0.337 e. The number of rotatable bonds is 2. The molecule has 3 fully saturated rings. The number of fused-ring (bicyclic) bond motifs is 1. The maximum Gasteiger partial charge on any atom is 0.396 e. The van der Waals surface area contributed by atoms with Crippen LogP contribution >= 0.6 is 0 Å². The van der Waals surface area contributed by atoms with Gasteiger partial charge in [0.15, 0.2) is 0 Å². The zero-order valence-corrected chi connectivity index (χ0v) is 12.7. The van der Waals surface area contributed by atoms with E-state index in [-0.39, 0.29) is 31.1 Å². The number of piperidine rings is 2. The lowest BCUT2D eigenvalue weighted by atomic mass is 9.91. The van der Waals surface area contributed by atoms with Crippen LogP contribution in [0.3, 0.4) is 0 Å². The summed E-state index contributed by atoms with van der Waals surface area (Å²) >= 11 is 0. The van der Waals surface area contributed by atoms with E-state index in [1.807, 2.05) is 6.92 Å². The first-order chi connectivity index (χ1) is 10.1. The first-order valence-corrected chi connectivity index (χ1v) is 7.70. The average Bonchev–Trinajstić information content (AvgIpc) is 2.93. The number of amides is 2. The Hall–Kier alpha value is -1.02. The van der Waals surface area contributed by atoms with Crippen LogP contribution in [0.4, 0.5) is 18.0 Å². The van der Waals surface area contributed by atoms with Crippen LogP contribution in [-0.2, 0) is 0 Å². The van der Waals surface area contributed by atoms with E-state index in [4.69, 9.17) is 5.73 Å². The highest BCUT2D eigenvalue weighted by Crippen LogP contribution is 2.72. The molecule has 2 heterocycles. The highest BCUT2D eigenvalue weighted by molar-refractivity contribution is 5.74. The molecule has 0 radical (unpaired) electrons. The van der Waals surface area contributed by atoms with E-state index in [1.165, 1.54) is 0 Å². The molecule has 2 amide bonds. The maximum atomic E-state index is 13.2. The van der Waals surface area contributed by atoms with Gasteiger partial charge in [-0.25, -0.2) is 4.79 Å². The van der Waals surface area contributed by atoms with Gasteiger partial charge in [-0.15, -0.1) is 0 Å². The van der Waals surface area contributed by atoms with Gasteiger partial charge in [0.05, 0.1) is 5.41 Å². The summed E-state index contributed by atoms with van der Waals surface area (Å²) in [5.41, 5.74) is 3.25. The third-order valence-electron chi connectivity index (χ3n) is 5.73. The Balaban J connectivity index is 1.55. The summed E-state index contributed by atoms with van der Waals surface area (Å²) in [5, 5.41) is 5.53. The number of nitrogens with one attached hydrogen (secondary N) is 2. The molecular weight excluding hydrogens is 297 g/mol. The molecule has 2 aliphatic heterocycles. The second-order valence-corrected chi connectivity index (χ2v) is 7.44. The Morgan fingerprint density at radius 2 is 1.95 bits per heavy atom. The number of carbonyl (C=O) groups excluding carboxylic acids is 1. The molecule has 0 aromatic heterocycles. The van der Waals surface area contributed by atoms with Crippen LogP contribution in [0.5, 0.6) is 0 Å². The molecule has 3 rings (SSSR count). The van der Waals surface area contributed by atoms with Crippen molar-refractivity contribution in [2.24, 2.45) is 16.6 Å². The number of hydrogen-bond acceptors (Lipinski definition) is 3. The van der Waals surface area contributed by atoms with Crippen molar-refractivity contribution < 1.29 is 18.0 Å². The van der Waals surface area contributed by atoms with Gasteiger partial charge in [0.2, 0.25) is 0 Å². The monoisotopic (exact) mass is 320 g/mol. The number of nitrogens with zero attached hydrogens (tertiary/aromatic N) is 1. The summed E-state index contributed by atoms with van der Waals surface area (Å²) in [6, 6.07) is -0.278.